The van der Waals surface area contributed by atoms with Crippen LogP contribution < -0.4 is 10.6 Å². The van der Waals surface area contributed by atoms with Crippen molar-refractivity contribution in [3.63, 3.8) is 0 Å². The molecule has 1 aliphatic carbocycles. The number of morpholine rings is 1. The lowest BCUT2D eigenvalue weighted by Crippen LogP contribution is -2.48. The third kappa shape index (κ3) is 4.50. The number of carbonyl (C=O) groups is 3. The lowest BCUT2D eigenvalue weighted by molar-refractivity contribution is -0.132. The van der Waals surface area contributed by atoms with Gasteiger partial charge in [-0.05, 0) is 31.0 Å². The number of imide groups is 1. The SMILES string of the molecule is O=C(CCN1C(=O)NC2(CCCCC2)C1=O)Nc1cccc(S(=O)(=O)N2CCOCC2)c1. The van der Waals surface area contributed by atoms with Crippen molar-refractivity contribution in [2.75, 3.05) is 38.2 Å². The zero-order chi connectivity index (χ0) is 22.8. The quantitative estimate of drug-likeness (QED) is 0.611. The maximum Gasteiger partial charge on any atom is 0.325 e. The number of urea groups is 1. The molecule has 1 aromatic rings. The van der Waals surface area contributed by atoms with Crippen LogP contribution in [0, 0.1) is 0 Å². The van der Waals surface area contributed by atoms with E-state index in [4.69, 9.17) is 4.74 Å². The van der Waals surface area contributed by atoms with Crippen molar-refractivity contribution in [3.05, 3.63) is 24.3 Å². The minimum Gasteiger partial charge on any atom is -0.379 e. The van der Waals surface area contributed by atoms with Gasteiger partial charge in [-0.25, -0.2) is 13.2 Å². The van der Waals surface area contributed by atoms with Gasteiger partial charge in [0.15, 0.2) is 0 Å². The summed E-state index contributed by atoms with van der Waals surface area (Å²) in [6.45, 7) is 1.24. The molecule has 0 atom stereocenters. The van der Waals surface area contributed by atoms with Crippen LogP contribution in [0.1, 0.15) is 38.5 Å². The van der Waals surface area contributed by atoms with Crippen molar-refractivity contribution in [3.8, 4) is 0 Å². The molecule has 4 rings (SSSR count). The number of sulfonamides is 1. The summed E-state index contributed by atoms with van der Waals surface area (Å²) in [5.74, 6) is -0.662. The maximum atomic E-state index is 12.8. The van der Waals surface area contributed by atoms with Crippen LogP contribution in [0.5, 0.6) is 0 Å². The Morgan fingerprint density at radius 1 is 1.12 bits per heavy atom. The number of rotatable bonds is 6. The predicted octanol–water partition coefficient (Wildman–Crippen LogP) is 1.29. The van der Waals surface area contributed by atoms with E-state index in [1.165, 1.54) is 16.4 Å². The molecule has 0 radical (unpaired) electrons. The Bertz CT molecular complexity index is 999. The predicted molar refractivity (Wildman–Crippen MR) is 115 cm³/mol. The van der Waals surface area contributed by atoms with E-state index >= 15 is 0 Å². The average molecular weight is 465 g/mol. The van der Waals surface area contributed by atoms with Crippen molar-refractivity contribution in [1.29, 1.82) is 0 Å². The minimum absolute atomic E-state index is 0.0238. The van der Waals surface area contributed by atoms with Crippen LogP contribution in [0.3, 0.4) is 0 Å². The first-order chi connectivity index (χ1) is 15.3. The molecular formula is C21H28N4O6S. The van der Waals surface area contributed by atoms with Gasteiger partial charge in [-0.3, -0.25) is 14.5 Å². The number of carbonyl (C=O) groups excluding carboxylic acids is 3. The summed E-state index contributed by atoms with van der Waals surface area (Å²) >= 11 is 0. The van der Waals surface area contributed by atoms with Crippen LogP contribution in [0.2, 0.25) is 0 Å². The Morgan fingerprint density at radius 2 is 1.84 bits per heavy atom. The minimum atomic E-state index is -3.68. The van der Waals surface area contributed by atoms with E-state index in [0.29, 0.717) is 31.7 Å². The smallest absolute Gasteiger partial charge is 0.325 e. The van der Waals surface area contributed by atoms with Crippen molar-refractivity contribution in [2.45, 2.75) is 49.0 Å². The van der Waals surface area contributed by atoms with Gasteiger partial charge in [-0.15, -0.1) is 0 Å². The molecule has 0 bridgehead atoms. The lowest BCUT2D eigenvalue weighted by Gasteiger charge is -2.30. The fourth-order valence-corrected chi connectivity index (χ4v) is 5.94. The van der Waals surface area contributed by atoms with E-state index in [2.05, 4.69) is 10.6 Å². The van der Waals surface area contributed by atoms with Crippen LogP contribution in [0.15, 0.2) is 29.2 Å². The van der Waals surface area contributed by atoms with Crippen LogP contribution in [0.25, 0.3) is 0 Å². The van der Waals surface area contributed by atoms with Gasteiger partial charge in [-0.1, -0.05) is 25.3 Å². The molecule has 0 unspecified atom stereocenters. The van der Waals surface area contributed by atoms with Crippen molar-refractivity contribution in [1.82, 2.24) is 14.5 Å². The molecule has 4 amide bonds. The summed E-state index contributed by atoms with van der Waals surface area (Å²) < 4.78 is 32.2. The Balaban J connectivity index is 1.36. The van der Waals surface area contributed by atoms with Crippen molar-refractivity contribution in [2.24, 2.45) is 0 Å². The number of benzene rings is 1. The Kier molecular flexibility index (Phi) is 6.50. The number of nitrogens with zero attached hydrogens (tertiary/aromatic N) is 2. The van der Waals surface area contributed by atoms with Gasteiger partial charge >= 0.3 is 6.03 Å². The van der Waals surface area contributed by atoms with Gasteiger partial charge < -0.3 is 15.4 Å². The average Bonchev–Trinajstić information content (AvgIpc) is 3.02. The molecule has 2 aliphatic heterocycles. The number of nitrogens with one attached hydrogen (secondary N) is 2. The van der Waals surface area contributed by atoms with E-state index in [1.807, 2.05) is 0 Å². The molecule has 1 aromatic carbocycles. The first-order valence-corrected chi connectivity index (χ1v) is 12.4. The van der Waals surface area contributed by atoms with Gasteiger partial charge in [0.25, 0.3) is 5.91 Å². The zero-order valence-corrected chi connectivity index (χ0v) is 18.7. The first-order valence-electron chi connectivity index (χ1n) is 10.9. The first kappa shape index (κ1) is 22.7. The molecule has 3 aliphatic rings. The number of anilines is 1. The summed E-state index contributed by atoms with van der Waals surface area (Å²) in [6, 6.07) is 5.60. The van der Waals surface area contributed by atoms with E-state index < -0.39 is 27.5 Å². The molecule has 1 spiro atoms. The second-order valence-electron chi connectivity index (χ2n) is 8.37. The number of amides is 4. The van der Waals surface area contributed by atoms with E-state index in [0.717, 1.165) is 24.2 Å². The highest BCUT2D eigenvalue weighted by Gasteiger charge is 2.51. The second-order valence-corrected chi connectivity index (χ2v) is 10.3. The third-order valence-corrected chi connectivity index (χ3v) is 8.14. The summed E-state index contributed by atoms with van der Waals surface area (Å²) in [6.07, 6.45) is 4.02. The molecule has 174 valence electrons. The zero-order valence-electron chi connectivity index (χ0n) is 17.8. The van der Waals surface area contributed by atoms with E-state index in [-0.39, 0.29) is 36.9 Å². The molecule has 0 aromatic heterocycles. The van der Waals surface area contributed by atoms with Crippen molar-refractivity contribution < 1.29 is 27.5 Å². The van der Waals surface area contributed by atoms with Gasteiger partial charge in [0, 0.05) is 31.7 Å². The molecule has 3 fully saturated rings. The fourth-order valence-electron chi connectivity index (χ4n) is 4.48. The number of hydrogen-bond donors (Lipinski definition) is 2. The number of ether oxygens (including phenoxy) is 1. The van der Waals surface area contributed by atoms with Crippen LogP contribution in [-0.2, 0) is 24.3 Å². The molecule has 1 saturated carbocycles. The Morgan fingerprint density at radius 3 is 2.56 bits per heavy atom. The highest BCUT2D eigenvalue weighted by molar-refractivity contribution is 7.89. The lowest BCUT2D eigenvalue weighted by atomic mass is 9.82. The largest absolute Gasteiger partial charge is 0.379 e. The molecule has 10 nitrogen and oxygen atoms in total. The fraction of sp³-hybridized carbons (Fsp3) is 0.571. The summed E-state index contributed by atoms with van der Waals surface area (Å²) in [5, 5.41) is 5.49. The molecule has 32 heavy (non-hydrogen) atoms. The Labute approximate surface area is 187 Å². The highest BCUT2D eigenvalue weighted by atomic mass is 32.2. The standard InChI is InChI=1S/C21H28N4O6S/c26-18(7-10-25-19(27)21(23-20(25)28)8-2-1-3-9-21)22-16-5-4-6-17(15-16)32(29,30)24-11-13-31-14-12-24/h4-6,15H,1-3,7-14H2,(H,22,26)(H,23,28). The van der Waals surface area contributed by atoms with Gasteiger partial charge in [0.05, 0.1) is 18.1 Å². The normalized spacial score (nSPS) is 21.6. The topological polar surface area (TPSA) is 125 Å². The molecule has 2 N–H and O–H groups in total. The van der Waals surface area contributed by atoms with Crippen LogP contribution in [0.4, 0.5) is 10.5 Å². The van der Waals surface area contributed by atoms with Crippen LogP contribution in [-0.4, -0.2) is 73.9 Å². The molecule has 2 heterocycles. The van der Waals surface area contributed by atoms with Gasteiger partial charge in [-0.2, -0.15) is 4.31 Å². The molecule has 11 heteroatoms. The summed E-state index contributed by atoms with van der Waals surface area (Å²) in [5.41, 5.74) is -0.473. The summed E-state index contributed by atoms with van der Waals surface area (Å²) in [4.78, 5) is 38.8. The van der Waals surface area contributed by atoms with Gasteiger partial charge in [0.1, 0.15) is 5.54 Å². The Hall–Kier alpha value is -2.50. The molecular weight excluding hydrogens is 436 g/mol. The van der Waals surface area contributed by atoms with E-state index in [1.54, 1.807) is 12.1 Å². The number of hydrogen-bond acceptors (Lipinski definition) is 6. The van der Waals surface area contributed by atoms with Crippen molar-refractivity contribution >= 4 is 33.6 Å². The second kappa shape index (κ2) is 9.16. The van der Waals surface area contributed by atoms with E-state index in [9.17, 15) is 22.8 Å². The third-order valence-electron chi connectivity index (χ3n) is 6.24. The monoisotopic (exact) mass is 464 g/mol. The van der Waals surface area contributed by atoms with Crippen LogP contribution >= 0.6 is 0 Å². The maximum absolute atomic E-state index is 12.8. The molecule has 2 saturated heterocycles. The highest BCUT2D eigenvalue weighted by Crippen LogP contribution is 2.33. The van der Waals surface area contributed by atoms with Gasteiger partial charge in [0.2, 0.25) is 15.9 Å². The summed E-state index contributed by atoms with van der Waals surface area (Å²) in [7, 11) is -3.68.